The molecule has 0 aliphatic carbocycles. The normalized spacial score (nSPS) is 14.3. The van der Waals surface area contributed by atoms with E-state index in [1.54, 1.807) is 44.2 Å². The van der Waals surface area contributed by atoms with Crippen molar-refractivity contribution in [2.24, 2.45) is 5.73 Å². The average Bonchev–Trinajstić information content (AvgIpc) is 2.31. The minimum Gasteiger partial charge on any atom is -0.348 e. The summed E-state index contributed by atoms with van der Waals surface area (Å²) in [5, 5.41) is 0. The molecule has 0 heterocycles. The van der Waals surface area contributed by atoms with Crippen molar-refractivity contribution < 1.29 is 9.18 Å². The number of rotatable bonds is 5. The maximum absolute atomic E-state index is 13.9. The minimum atomic E-state index is -0.329. The number of hydrogen-bond donors (Lipinski definition) is 1. The molecule has 0 fully saturated rings. The second kappa shape index (κ2) is 6.63. The highest BCUT2D eigenvalue weighted by molar-refractivity contribution is 5.77. The quantitative estimate of drug-likeness (QED) is 0.873. The topological polar surface area (TPSA) is 49.6 Å². The largest absolute Gasteiger partial charge is 0.348 e. The Morgan fingerprint density at radius 3 is 2.37 bits per heavy atom. The van der Waals surface area contributed by atoms with Crippen molar-refractivity contribution in [3.05, 3.63) is 35.6 Å². The van der Waals surface area contributed by atoms with E-state index in [0.717, 1.165) is 0 Å². The summed E-state index contributed by atoms with van der Waals surface area (Å²) >= 11 is 0. The van der Waals surface area contributed by atoms with Gasteiger partial charge in [-0.3, -0.25) is 9.69 Å². The second-order valence-corrected chi connectivity index (χ2v) is 5.03. The van der Waals surface area contributed by atoms with Gasteiger partial charge in [0.15, 0.2) is 0 Å². The minimum absolute atomic E-state index is 0.0375. The highest BCUT2D eigenvalue weighted by Gasteiger charge is 2.25. The van der Waals surface area contributed by atoms with Crippen molar-refractivity contribution in [3.63, 3.8) is 0 Å². The first-order valence-corrected chi connectivity index (χ1v) is 6.25. The zero-order chi connectivity index (χ0) is 14.6. The fourth-order valence-electron chi connectivity index (χ4n) is 2.09. The Bertz CT molecular complexity index is 434. The monoisotopic (exact) mass is 267 g/mol. The van der Waals surface area contributed by atoms with Gasteiger partial charge < -0.3 is 10.6 Å². The van der Waals surface area contributed by atoms with Crippen molar-refractivity contribution in [2.75, 3.05) is 27.7 Å². The molecule has 0 aliphatic heterocycles. The number of carbonyl (C=O) groups is 1. The average molecular weight is 267 g/mol. The fraction of sp³-hybridized carbons (Fsp3) is 0.500. The van der Waals surface area contributed by atoms with Gasteiger partial charge in [-0.1, -0.05) is 18.2 Å². The summed E-state index contributed by atoms with van der Waals surface area (Å²) in [6.07, 6.45) is 0. The van der Waals surface area contributed by atoms with E-state index < -0.39 is 0 Å². The Morgan fingerprint density at radius 1 is 1.32 bits per heavy atom. The van der Waals surface area contributed by atoms with Crippen LogP contribution in [0, 0.1) is 5.82 Å². The van der Waals surface area contributed by atoms with Gasteiger partial charge in [0.25, 0.3) is 0 Å². The summed E-state index contributed by atoms with van der Waals surface area (Å²) in [5.74, 6) is -0.335. The molecule has 2 unspecified atom stereocenters. The molecule has 4 nitrogen and oxygen atoms in total. The van der Waals surface area contributed by atoms with Gasteiger partial charge in [-0.15, -0.1) is 0 Å². The molecule has 19 heavy (non-hydrogen) atoms. The maximum Gasteiger partial charge on any atom is 0.236 e. The molecule has 1 amide bonds. The molecule has 1 aromatic carbocycles. The van der Waals surface area contributed by atoms with Crippen LogP contribution in [-0.4, -0.2) is 49.4 Å². The third-order valence-electron chi connectivity index (χ3n) is 3.08. The van der Waals surface area contributed by atoms with E-state index in [9.17, 15) is 9.18 Å². The molecule has 0 aromatic heterocycles. The highest BCUT2D eigenvalue weighted by atomic mass is 19.1. The van der Waals surface area contributed by atoms with Crippen molar-refractivity contribution in [1.29, 1.82) is 0 Å². The first kappa shape index (κ1) is 15.6. The Labute approximate surface area is 114 Å². The summed E-state index contributed by atoms with van der Waals surface area (Å²) in [7, 11) is 5.17. The summed E-state index contributed by atoms with van der Waals surface area (Å²) in [6.45, 7) is 2.02. The van der Waals surface area contributed by atoms with Crippen LogP contribution < -0.4 is 5.73 Å². The zero-order valence-corrected chi connectivity index (χ0v) is 11.9. The summed E-state index contributed by atoms with van der Waals surface area (Å²) in [4.78, 5) is 15.0. The molecule has 0 spiro atoms. The molecule has 1 rings (SSSR count). The first-order chi connectivity index (χ1) is 8.84. The number of halogens is 1. The van der Waals surface area contributed by atoms with Gasteiger partial charge in [-0.05, 0) is 20.0 Å². The van der Waals surface area contributed by atoms with Crippen LogP contribution in [0.3, 0.4) is 0 Å². The van der Waals surface area contributed by atoms with Crippen molar-refractivity contribution >= 4 is 5.91 Å². The van der Waals surface area contributed by atoms with Gasteiger partial charge in [0.1, 0.15) is 5.82 Å². The van der Waals surface area contributed by atoms with Crippen LogP contribution in [0.25, 0.3) is 0 Å². The van der Waals surface area contributed by atoms with Gasteiger partial charge in [0.2, 0.25) is 5.91 Å². The molecule has 2 N–H and O–H groups in total. The smallest absolute Gasteiger partial charge is 0.236 e. The van der Waals surface area contributed by atoms with Crippen LogP contribution in [0.15, 0.2) is 24.3 Å². The molecule has 1 aromatic rings. The molecule has 0 aliphatic rings. The number of nitrogens with two attached hydrogens (primary N) is 1. The van der Waals surface area contributed by atoms with Crippen LogP contribution in [0.2, 0.25) is 0 Å². The Hall–Kier alpha value is -1.46. The van der Waals surface area contributed by atoms with E-state index in [4.69, 9.17) is 5.73 Å². The predicted molar refractivity (Wildman–Crippen MR) is 74.1 cm³/mol. The zero-order valence-electron chi connectivity index (χ0n) is 11.9. The van der Waals surface area contributed by atoms with Crippen molar-refractivity contribution in [3.8, 4) is 0 Å². The van der Waals surface area contributed by atoms with E-state index in [-0.39, 0.29) is 30.4 Å². The molecule has 5 heteroatoms. The Balaban J connectivity index is 2.96. The molecule has 0 saturated carbocycles. The van der Waals surface area contributed by atoms with E-state index in [0.29, 0.717) is 5.56 Å². The first-order valence-electron chi connectivity index (χ1n) is 6.25. The number of hydrogen-bond acceptors (Lipinski definition) is 3. The molecule has 0 bridgehead atoms. The lowest BCUT2D eigenvalue weighted by Crippen LogP contribution is -2.42. The summed E-state index contributed by atoms with van der Waals surface area (Å²) < 4.78 is 13.9. The lowest BCUT2D eigenvalue weighted by atomic mass is 9.99. The molecular formula is C14H22FN3O. The van der Waals surface area contributed by atoms with E-state index in [1.807, 2.05) is 6.92 Å². The molecule has 2 atom stereocenters. The van der Waals surface area contributed by atoms with Crippen LogP contribution in [0.1, 0.15) is 18.5 Å². The standard InChI is InChI=1S/C14H22FN3O/c1-10(16)14(11-7-5-6-8-12(11)15)18(4)9-13(19)17(2)3/h5-8,10,14H,9,16H2,1-4H3. The number of nitrogens with zero attached hydrogens (tertiary/aromatic N) is 2. The molecule has 0 saturated heterocycles. The number of carbonyl (C=O) groups excluding carboxylic acids is 1. The van der Waals surface area contributed by atoms with Crippen LogP contribution in [0.4, 0.5) is 4.39 Å². The number of benzene rings is 1. The summed E-state index contributed by atoms with van der Waals surface area (Å²) in [5.41, 5.74) is 6.48. The Kier molecular flexibility index (Phi) is 5.44. The maximum atomic E-state index is 13.9. The van der Waals surface area contributed by atoms with E-state index in [2.05, 4.69) is 0 Å². The van der Waals surface area contributed by atoms with Gasteiger partial charge >= 0.3 is 0 Å². The molecular weight excluding hydrogens is 245 g/mol. The number of amides is 1. The SMILES string of the molecule is CC(N)C(c1ccccc1F)N(C)CC(=O)N(C)C. The van der Waals surface area contributed by atoms with Crippen LogP contribution in [-0.2, 0) is 4.79 Å². The summed E-state index contributed by atoms with van der Waals surface area (Å²) in [6, 6.07) is 5.92. The molecule has 0 radical (unpaired) electrons. The lowest BCUT2D eigenvalue weighted by Gasteiger charge is -2.31. The van der Waals surface area contributed by atoms with Gasteiger partial charge in [-0.25, -0.2) is 4.39 Å². The third-order valence-corrected chi connectivity index (χ3v) is 3.08. The van der Waals surface area contributed by atoms with Gasteiger partial charge in [0.05, 0.1) is 12.6 Å². The van der Waals surface area contributed by atoms with Crippen LogP contribution >= 0.6 is 0 Å². The second-order valence-electron chi connectivity index (χ2n) is 5.03. The number of likely N-dealkylation sites (N-methyl/N-ethyl adjacent to an activating group) is 2. The lowest BCUT2D eigenvalue weighted by molar-refractivity contribution is -0.130. The fourth-order valence-corrected chi connectivity index (χ4v) is 2.09. The van der Waals surface area contributed by atoms with Gasteiger partial charge in [0, 0.05) is 25.7 Å². The molecule has 106 valence electrons. The van der Waals surface area contributed by atoms with Crippen molar-refractivity contribution in [1.82, 2.24) is 9.80 Å². The van der Waals surface area contributed by atoms with Crippen molar-refractivity contribution in [2.45, 2.75) is 19.0 Å². The highest BCUT2D eigenvalue weighted by Crippen LogP contribution is 2.24. The third kappa shape index (κ3) is 4.01. The van der Waals surface area contributed by atoms with E-state index >= 15 is 0 Å². The van der Waals surface area contributed by atoms with E-state index in [1.165, 1.54) is 11.0 Å². The van der Waals surface area contributed by atoms with Crippen LogP contribution in [0.5, 0.6) is 0 Å². The van der Waals surface area contributed by atoms with Gasteiger partial charge in [-0.2, -0.15) is 0 Å². The predicted octanol–water partition coefficient (Wildman–Crippen LogP) is 1.23. The Morgan fingerprint density at radius 2 is 1.89 bits per heavy atom.